The van der Waals surface area contributed by atoms with Gasteiger partial charge in [-0.15, -0.1) is 23.5 Å². The van der Waals surface area contributed by atoms with Crippen LogP contribution >= 0.6 is 23.5 Å². The Morgan fingerprint density at radius 2 is 0.949 bits per heavy atom. The van der Waals surface area contributed by atoms with Gasteiger partial charge in [-0.2, -0.15) is 0 Å². The van der Waals surface area contributed by atoms with Crippen molar-refractivity contribution in [3.8, 4) is 0 Å². The molecule has 6 N–H and O–H groups in total. The van der Waals surface area contributed by atoms with Crippen molar-refractivity contribution in [1.29, 1.82) is 0 Å². The van der Waals surface area contributed by atoms with Crippen molar-refractivity contribution >= 4 is 71.2 Å². The predicted molar refractivity (Wildman–Crippen MR) is 295 cm³/mol. The van der Waals surface area contributed by atoms with Gasteiger partial charge in [0.2, 0.25) is 35.4 Å². The van der Waals surface area contributed by atoms with E-state index in [4.69, 9.17) is 9.47 Å². The summed E-state index contributed by atoms with van der Waals surface area (Å²) < 4.78 is 12.6. The molecule has 78 heavy (non-hydrogen) atoms. The van der Waals surface area contributed by atoms with Gasteiger partial charge in [-0.3, -0.25) is 38.6 Å². The fourth-order valence-corrected chi connectivity index (χ4v) is 13.8. The number of carbonyl (C=O) groups excluding carboxylic acids is 6. The molecule has 4 aliphatic heterocycles. The van der Waals surface area contributed by atoms with E-state index >= 15 is 0 Å². The minimum absolute atomic E-state index is 0.117. The zero-order valence-electron chi connectivity index (χ0n) is 45.5. The molecule has 3 aromatic carbocycles. The summed E-state index contributed by atoms with van der Waals surface area (Å²) in [5, 5.41) is 30.2. The lowest BCUT2D eigenvalue weighted by Crippen LogP contribution is -2.58. The molecule has 4 aliphatic rings. The third kappa shape index (κ3) is 13.9. The summed E-state index contributed by atoms with van der Waals surface area (Å²) in [7, 11) is 2.58. The molecule has 422 valence electrons. The first-order chi connectivity index (χ1) is 37.0. The van der Waals surface area contributed by atoms with Crippen molar-refractivity contribution in [2.75, 3.05) is 38.8 Å². The lowest BCUT2D eigenvalue weighted by Gasteiger charge is -2.35. The standard InChI is InChI=1S/C56H74N8O12S2/c1-33(61(7)53(71)72)47(65)57-39-23-25-77-43-27-55(3,4)45(63(43)51(39)69)49(67)59-41(37-15-11-9-12-16-37)31-75-29-35-19-21-36(22-20-35)30-76-32-42(38-17-13-10-14-18-38)60-50(68)46-56(5,6)28-44-64(46)52(70)40(24-26-78-44)58-48(66)34(2)62(8)54(73)74/h9-22,33-34,39-46H,23-32H2,1-8H3,(H,57,65)(H,58,66)(H,59,67)(H,60,68)(H,71,72)(H,73,74)/t33?,34?,39-,40-,41?,42?,43-,44-,45+,46+/m0/s1. The summed E-state index contributed by atoms with van der Waals surface area (Å²) >= 11 is 3.13. The van der Waals surface area contributed by atoms with Gasteiger partial charge >= 0.3 is 12.2 Å². The molecule has 4 heterocycles. The van der Waals surface area contributed by atoms with Crippen LogP contribution in [0.15, 0.2) is 84.9 Å². The molecule has 7 rings (SSSR count). The molecule has 10 atom stereocenters. The molecule has 0 spiro atoms. The molecular formula is C56H74N8O12S2. The maximum atomic E-state index is 14.5. The van der Waals surface area contributed by atoms with Crippen LogP contribution in [0, 0.1) is 10.8 Å². The minimum atomic E-state index is -1.27. The van der Waals surface area contributed by atoms with Gasteiger partial charge in [0.25, 0.3) is 0 Å². The number of likely N-dealkylation sites (N-methyl/N-ethyl adjacent to an activating group) is 2. The van der Waals surface area contributed by atoms with Crippen LogP contribution in [0.3, 0.4) is 0 Å². The average Bonchev–Trinajstić information content (AvgIpc) is 3.89. The number of carboxylic acid groups (broad SMARTS) is 2. The second kappa shape index (κ2) is 25.6. The monoisotopic (exact) mass is 1110 g/mol. The molecule has 3 aromatic rings. The Kier molecular flexibility index (Phi) is 19.5. The molecule has 8 amide bonds. The summed E-state index contributed by atoms with van der Waals surface area (Å²) in [6.07, 6.45) is -0.759. The van der Waals surface area contributed by atoms with E-state index < -0.39 is 83.2 Å². The zero-order valence-corrected chi connectivity index (χ0v) is 47.1. The molecule has 4 unspecified atom stereocenters. The van der Waals surface area contributed by atoms with Crippen molar-refractivity contribution in [3.05, 3.63) is 107 Å². The zero-order chi connectivity index (χ0) is 56.6. The molecule has 4 fully saturated rings. The lowest BCUT2D eigenvalue weighted by molar-refractivity contribution is -0.144. The highest BCUT2D eigenvalue weighted by molar-refractivity contribution is 8.00. The van der Waals surface area contributed by atoms with Crippen LogP contribution < -0.4 is 21.3 Å². The maximum absolute atomic E-state index is 14.5. The molecule has 20 nitrogen and oxygen atoms in total. The van der Waals surface area contributed by atoms with Crippen LogP contribution in [-0.4, -0.2) is 163 Å². The number of amides is 8. The predicted octanol–water partition coefficient (Wildman–Crippen LogP) is 5.58. The normalized spacial score (nSPS) is 23.9. The number of benzene rings is 3. The third-order valence-electron chi connectivity index (χ3n) is 15.4. The number of thioether (sulfide) groups is 2. The van der Waals surface area contributed by atoms with Crippen LogP contribution in [0.4, 0.5) is 9.59 Å². The van der Waals surface area contributed by atoms with Crippen molar-refractivity contribution in [1.82, 2.24) is 40.9 Å². The van der Waals surface area contributed by atoms with Gasteiger partial charge in [0.05, 0.1) is 49.3 Å². The van der Waals surface area contributed by atoms with E-state index in [-0.39, 0.29) is 60.8 Å². The van der Waals surface area contributed by atoms with E-state index in [1.54, 1.807) is 33.3 Å². The molecule has 22 heteroatoms. The fourth-order valence-electron chi connectivity index (χ4n) is 10.6. The second-order valence-electron chi connectivity index (χ2n) is 22.0. The first-order valence-corrected chi connectivity index (χ1v) is 28.4. The number of hydrogen-bond donors (Lipinski definition) is 6. The Morgan fingerprint density at radius 3 is 1.28 bits per heavy atom. The first-order valence-electron chi connectivity index (χ1n) is 26.3. The summed E-state index contributed by atoms with van der Waals surface area (Å²) in [5.41, 5.74) is 2.14. The van der Waals surface area contributed by atoms with Gasteiger partial charge in [0, 0.05) is 14.1 Å². The van der Waals surface area contributed by atoms with E-state index in [0.717, 1.165) is 32.1 Å². The summed E-state index contributed by atoms with van der Waals surface area (Å²) in [6, 6.07) is 19.8. The van der Waals surface area contributed by atoms with Gasteiger partial charge in [-0.1, -0.05) is 113 Å². The Morgan fingerprint density at radius 1 is 0.603 bits per heavy atom. The summed E-state index contributed by atoms with van der Waals surface area (Å²) in [6.45, 7) is 11.4. The number of fused-ring (bicyclic) bond motifs is 2. The van der Waals surface area contributed by atoms with E-state index in [1.807, 2.05) is 113 Å². The molecule has 0 radical (unpaired) electrons. The minimum Gasteiger partial charge on any atom is -0.465 e. The smallest absolute Gasteiger partial charge is 0.407 e. The summed E-state index contributed by atoms with van der Waals surface area (Å²) in [4.78, 5) is 112. The number of hydrogen-bond acceptors (Lipinski definition) is 12. The van der Waals surface area contributed by atoms with Crippen LogP contribution in [0.5, 0.6) is 0 Å². The second-order valence-corrected chi connectivity index (χ2v) is 24.5. The molecule has 0 aliphatic carbocycles. The van der Waals surface area contributed by atoms with E-state index in [2.05, 4.69) is 21.3 Å². The highest BCUT2D eigenvalue weighted by Crippen LogP contribution is 2.48. The topological polar surface area (TPSA) is 257 Å². The van der Waals surface area contributed by atoms with E-state index in [9.17, 15) is 48.6 Å². The fraction of sp³-hybridized carbons (Fsp3) is 0.536. The summed E-state index contributed by atoms with van der Waals surface area (Å²) in [5.74, 6) is -1.54. The van der Waals surface area contributed by atoms with Gasteiger partial charge < -0.3 is 50.8 Å². The van der Waals surface area contributed by atoms with Crippen LogP contribution in [-0.2, 0) is 51.5 Å². The van der Waals surface area contributed by atoms with Crippen molar-refractivity contribution in [2.45, 2.75) is 140 Å². The molecular weight excluding hydrogens is 1040 g/mol. The molecule has 0 saturated carbocycles. The van der Waals surface area contributed by atoms with Gasteiger partial charge in [0.1, 0.15) is 36.3 Å². The Bertz CT molecular complexity index is 2470. The Balaban J connectivity index is 0.961. The van der Waals surface area contributed by atoms with Crippen molar-refractivity contribution in [2.24, 2.45) is 10.8 Å². The molecule has 0 aromatic heterocycles. The molecule has 0 bridgehead atoms. The Hall–Kier alpha value is -6.36. The molecule has 4 saturated heterocycles. The average molecular weight is 1120 g/mol. The van der Waals surface area contributed by atoms with E-state index in [1.165, 1.54) is 27.9 Å². The number of nitrogens with zero attached hydrogens (tertiary/aromatic N) is 4. The van der Waals surface area contributed by atoms with Crippen LogP contribution in [0.2, 0.25) is 0 Å². The third-order valence-corrected chi connectivity index (χ3v) is 17.9. The maximum Gasteiger partial charge on any atom is 0.407 e. The number of rotatable bonds is 20. The number of nitrogens with one attached hydrogen (secondary N) is 4. The van der Waals surface area contributed by atoms with Crippen LogP contribution in [0.1, 0.15) is 102 Å². The quantitative estimate of drug-likeness (QED) is 0.0808. The number of ether oxygens (including phenoxy) is 2. The SMILES string of the molecule is CC(C(=O)N[C@H]1CCS[C@H]2CC(C)(C)[C@@H](C(=O)NC(COCc3ccc(COCC(NC(=O)[C@H]4N5C(=O)[C@@H](NC(=O)C(C)N(C)C(=O)O)CCS[C@H]5CC4(C)C)c4ccccc4)cc3)c3ccccc3)N2C1=O)N(C)C(=O)O. The highest BCUT2D eigenvalue weighted by atomic mass is 32.2. The van der Waals surface area contributed by atoms with Gasteiger partial charge in [0.15, 0.2) is 0 Å². The largest absolute Gasteiger partial charge is 0.465 e. The van der Waals surface area contributed by atoms with Gasteiger partial charge in [-0.05, 0) is 84.1 Å². The Labute approximate surface area is 464 Å². The van der Waals surface area contributed by atoms with Crippen molar-refractivity contribution in [3.63, 3.8) is 0 Å². The van der Waals surface area contributed by atoms with E-state index in [0.29, 0.717) is 37.2 Å². The number of carbonyl (C=O) groups is 8. The van der Waals surface area contributed by atoms with Crippen LogP contribution in [0.25, 0.3) is 0 Å². The van der Waals surface area contributed by atoms with Gasteiger partial charge in [-0.25, -0.2) is 9.59 Å². The highest BCUT2D eigenvalue weighted by Gasteiger charge is 2.56. The lowest BCUT2D eigenvalue weighted by atomic mass is 9.83. The first kappa shape index (κ1) is 59.3. The van der Waals surface area contributed by atoms with Crippen molar-refractivity contribution < 1.29 is 58.0 Å².